The van der Waals surface area contributed by atoms with Crippen molar-refractivity contribution in [3.63, 3.8) is 0 Å². The molecule has 3 aliphatic rings. The third-order valence-corrected chi connectivity index (χ3v) is 4.70. The van der Waals surface area contributed by atoms with Gasteiger partial charge in [0.15, 0.2) is 0 Å². The molecule has 128 valence electrons. The number of rotatable bonds is 2. The van der Waals surface area contributed by atoms with Crippen LogP contribution in [0.15, 0.2) is 18.7 Å². The molecular weight excluding hydrogens is 312 g/mol. The van der Waals surface area contributed by atoms with Gasteiger partial charge in [-0.1, -0.05) is 0 Å². The molecule has 2 saturated heterocycles. The molecule has 8 nitrogen and oxygen atoms in total. The second-order valence-corrected chi connectivity index (χ2v) is 6.63. The van der Waals surface area contributed by atoms with Gasteiger partial charge < -0.3 is 19.3 Å². The van der Waals surface area contributed by atoms with Gasteiger partial charge in [-0.25, -0.2) is 9.97 Å². The van der Waals surface area contributed by atoms with Gasteiger partial charge in [0.2, 0.25) is 5.91 Å². The predicted molar refractivity (Wildman–Crippen MR) is 83.2 cm³/mol. The monoisotopic (exact) mass is 332 g/mol. The fraction of sp³-hybridized carbons (Fsp3) is 0.625. The number of hydrogen-bond donors (Lipinski definition) is 0. The summed E-state index contributed by atoms with van der Waals surface area (Å²) in [5.74, 6) is 0.193. The zero-order valence-electron chi connectivity index (χ0n) is 13.4. The van der Waals surface area contributed by atoms with E-state index in [9.17, 15) is 9.59 Å². The lowest BCUT2D eigenvalue weighted by Gasteiger charge is -2.42. The maximum atomic E-state index is 12.5. The summed E-state index contributed by atoms with van der Waals surface area (Å²) in [6, 6.07) is 0. The minimum atomic E-state index is -0.704. The Morgan fingerprint density at radius 1 is 1.25 bits per heavy atom. The summed E-state index contributed by atoms with van der Waals surface area (Å²) in [5, 5.41) is 0. The van der Waals surface area contributed by atoms with Crippen LogP contribution in [0, 0.1) is 5.92 Å². The number of morpholine rings is 1. The highest BCUT2D eigenvalue weighted by molar-refractivity contribution is 5.95. The third-order valence-electron chi connectivity index (χ3n) is 4.70. The molecule has 4 rings (SSSR count). The molecule has 3 heterocycles. The molecule has 3 fully saturated rings. The summed E-state index contributed by atoms with van der Waals surface area (Å²) in [5.41, 5.74) is -0.0698. The van der Waals surface area contributed by atoms with Gasteiger partial charge in [0.25, 0.3) is 5.91 Å². The molecule has 2 aliphatic heterocycles. The second-order valence-electron chi connectivity index (χ2n) is 6.63. The fourth-order valence-corrected chi connectivity index (χ4v) is 3.25. The van der Waals surface area contributed by atoms with Crippen LogP contribution in [-0.4, -0.2) is 71.7 Å². The average Bonchev–Trinajstić information content (AvgIpc) is 3.45. The van der Waals surface area contributed by atoms with Gasteiger partial charge in [-0.2, -0.15) is 0 Å². The van der Waals surface area contributed by atoms with E-state index in [0.29, 0.717) is 38.5 Å². The maximum absolute atomic E-state index is 12.5. The first-order chi connectivity index (χ1) is 11.7. The topological polar surface area (TPSA) is 84.9 Å². The molecular formula is C16H20N4O4. The summed E-state index contributed by atoms with van der Waals surface area (Å²) in [7, 11) is 0. The zero-order chi connectivity index (χ0) is 16.6. The molecule has 1 spiro atoms. The number of amides is 2. The van der Waals surface area contributed by atoms with E-state index >= 15 is 0 Å². The van der Waals surface area contributed by atoms with Crippen molar-refractivity contribution < 1.29 is 19.1 Å². The molecule has 1 atom stereocenters. The van der Waals surface area contributed by atoms with Crippen LogP contribution in [0.25, 0.3) is 0 Å². The van der Waals surface area contributed by atoms with Crippen LogP contribution in [-0.2, 0) is 19.1 Å². The van der Waals surface area contributed by atoms with E-state index in [1.54, 1.807) is 17.3 Å². The maximum Gasteiger partial charge on any atom is 0.253 e. The van der Waals surface area contributed by atoms with Crippen molar-refractivity contribution in [1.82, 2.24) is 14.9 Å². The lowest BCUT2D eigenvalue weighted by Crippen LogP contribution is -2.61. The van der Waals surface area contributed by atoms with Crippen LogP contribution in [0.5, 0.6) is 0 Å². The zero-order valence-corrected chi connectivity index (χ0v) is 13.4. The van der Waals surface area contributed by atoms with Crippen molar-refractivity contribution in [2.75, 3.05) is 44.4 Å². The Hall–Kier alpha value is -2.06. The van der Waals surface area contributed by atoms with Crippen molar-refractivity contribution in [2.24, 2.45) is 5.92 Å². The molecule has 1 saturated carbocycles. The molecule has 24 heavy (non-hydrogen) atoms. The molecule has 1 aromatic heterocycles. The molecule has 1 aliphatic carbocycles. The number of carbonyl (C=O) groups is 2. The number of nitrogens with zero attached hydrogens (tertiary/aromatic N) is 4. The van der Waals surface area contributed by atoms with Gasteiger partial charge in [0, 0.05) is 12.5 Å². The third kappa shape index (κ3) is 2.99. The Morgan fingerprint density at radius 2 is 2.04 bits per heavy atom. The molecule has 0 bridgehead atoms. The number of hydrogen-bond acceptors (Lipinski definition) is 6. The predicted octanol–water partition coefficient (Wildman–Crippen LogP) is -0.153. The largest absolute Gasteiger partial charge is 0.376 e. The first-order valence-corrected chi connectivity index (χ1v) is 8.23. The highest BCUT2D eigenvalue weighted by Gasteiger charge is 2.46. The Bertz CT molecular complexity index is 636. The van der Waals surface area contributed by atoms with Crippen LogP contribution in [0.1, 0.15) is 12.8 Å². The number of anilines is 1. The van der Waals surface area contributed by atoms with Crippen LogP contribution in [0.3, 0.4) is 0 Å². The molecule has 0 radical (unpaired) electrons. The number of aromatic nitrogens is 2. The SMILES string of the molecule is O=C(C1CC1)N1CCOC[C@]2(C1)CN(c1cncnc1)C(=O)CO2. The highest BCUT2D eigenvalue weighted by atomic mass is 16.6. The minimum Gasteiger partial charge on any atom is -0.376 e. The van der Waals surface area contributed by atoms with E-state index in [-0.39, 0.29) is 24.3 Å². The lowest BCUT2D eigenvalue weighted by atomic mass is 10.0. The Kier molecular flexibility index (Phi) is 3.93. The number of carbonyl (C=O) groups excluding carboxylic acids is 2. The highest BCUT2D eigenvalue weighted by Crippen LogP contribution is 2.33. The van der Waals surface area contributed by atoms with Gasteiger partial charge >= 0.3 is 0 Å². The normalized spacial score (nSPS) is 28.1. The molecule has 8 heteroatoms. The Morgan fingerprint density at radius 3 is 2.79 bits per heavy atom. The second kappa shape index (κ2) is 6.10. The van der Waals surface area contributed by atoms with Crippen LogP contribution >= 0.6 is 0 Å². The van der Waals surface area contributed by atoms with Crippen molar-refractivity contribution in [3.05, 3.63) is 18.7 Å². The molecule has 0 unspecified atom stereocenters. The van der Waals surface area contributed by atoms with Gasteiger partial charge in [-0.05, 0) is 12.8 Å². The van der Waals surface area contributed by atoms with Gasteiger partial charge in [0.1, 0.15) is 18.5 Å². The molecule has 2 amide bonds. The average molecular weight is 332 g/mol. The molecule has 0 aromatic carbocycles. The van der Waals surface area contributed by atoms with E-state index in [1.165, 1.54) is 6.33 Å². The van der Waals surface area contributed by atoms with Gasteiger partial charge in [-0.3, -0.25) is 9.59 Å². The summed E-state index contributed by atoms with van der Waals surface area (Å²) in [6.07, 6.45) is 6.57. The first kappa shape index (κ1) is 15.5. The van der Waals surface area contributed by atoms with E-state index in [2.05, 4.69) is 9.97 Å². The van der Waals surface area contributed by atoms with E-state index < -0.39 is 5.60 Å². The van der Waals surface area contributed by atoms with E-state index in [1.807, 2.05) is 4.90 Å². The number of ether oxygens (including phenoxy) is 2. The van der Waals surface area contributed by atoms with Crippen LogP contribution in [0.2, 0.25) is 0 Å². The van der Waals surface area contributed by atoms with Gasteiger partial charge in [0.05, 0.1) is 44.4 Å². The van der Waals surface area contributed by atoms with E-state index in [4.69, 9.17) is 9.47 Å². The van der Waals surface area contributed by atoms with Crippen molar-refractivity contribution >= 4 is 17.5 Å². The Labute approximate surface area is 139 Å². The van der Waals surface area contributed by atoms with Crippen LogP contribution < -0.4 is 4.90 Å². The van der Waals surface area contributed by atoms with Crippen molar-refractivity contribution in [2.45, 2.75) is 18.4 Å². The Balaban J connectivity index is 1.56. The summed E-state index contributed by atoms with van der Waals surface area (Å²) < 4.78 is 11.6. The van der Waals surface area contributed by atoms with Crippen LogP contribution in [0.4, 0.5) is 5.69 Å². The molecule has 0 N–H and O–H groups in total. The smallest absolute Gasteiger partial charge is 0.253 e. The summed E-state index contributed by atoms with van der Waals surface area (Å²) in [6.45, 7) is 2.16. The van der Waals surface area contributed by atoms with Gasteiger partial charge in [-0.15, -0.1) is 0 Å². The van der Waals surface area contributed by atoms with E-state index in [0.717, 1.165) is 12.8 Å². The lowest BCUT2D eigenvalue weighted by molar-refractivity contribution is -0.150. The first-order valence-electron chi connectivity index (χ1n) is 8.23. The summed E-state index contributed by atoms with van der Waals surface area (Å²) in [4.78, 5) is 36.1. The fourth-order valence-electron chi connectivity index (χ4n) is 3.25. The standard InChI is InChI=1S/C16H20N4O4/c21-14-7-24-16(9-20(14)13-5-17-11-18-6-13)8-19(3-4-23-10-16)15(22)12-1-2-12/h5-6,11-12H,1-4,7-10H2/t16-/m0/s1. The molecule has 1 aromatic rings. The minimum absolute atomic E-state index is 0.0380. The quantitative estimate of drug-likeness (QED) is 0.749. The van der Waals surface area contributed by atoms with Crippen molar-refractivity contribution in [1.29, 1.82) is 0 Å². The summed E-state index contributed by atoms with van der Waals surface area (Å²) >= 11 is 0. The van der Waals surface area contributed by atoms with Crippen molar-refractivity contribution in [3.8, 4) is 0 Å².